The Morgan fingerprint density at radius 1 is 1.24 bits per heavy atom. The second-order valence-corrected chi connectivity index (χ2v) is 3.78. The zero-order valence-electron chi connectivity index (χ0n) is 9.70. The van der Waals surface area contributed by atoms with Crippen LogP contribution in [0.1, 0.15) is 18.6 Å². The Balaban J connectivity index is 2.80. The predicted molar refractivity (Wildman–Crippen MR) is 61.3 cm³/mol. The Morgan fingerprint density at radius 2 is 1.76 bits per heavy atom. The fourth-order valence-corrected chi connectivity index (χ4v) is 1.33. The molecular formula is C12H15NO4. The van der Waals surface area contributed by atoms with Crippen LogP contribution in [-0.2, 0) is 9.59 Å². The molecule has 2 atom stereocenters. The molecule has 1 unspecified atom stereocenters. The van der Waals surface area contributed by atoms with Crippen LogP contribution in [0.3, 0.4) is 0 Å². The fourth-order valence-electron chi connectivity index (χ4n) is 1.33. The van der Waals surface area contributed by atoms with Crippen LogP contribution in [0.5, 0.6) is 0 Å². The number of carboxylic acid groups (broad SMARTS) is 1. The van der Waals surface area contributed by atoms with Crippen LogP contribution >= 0.6 is 0 Å². The van der Waals surface area contributed by atoms with Crippen molar-refractivity contribution in [3.8, 4) is 0 Å². The molecule has 2 N–H and O–H groups in total. The van der Waals surface area contributed by atoms with E-state index in [-0.39, 0.29) is 0 Å². The van der Waals surface area contributed by atoms with E-state index in [0.29, 0.717) is 5.56 Å². The average Bonchev–Trinajstić information content (AvgIpc) is 2.36. The zero-order chi connectivity index (χ0) is 13.0. The topological polar surface area (TPSA) is 77.8 Å². The lowest BCUT2D eigenvalue weighted by Crippen LogP contribution is -2.42. The van der Waals surface area contributed by atoms with Crippen molar-refractivity contribution in [2.45, 2.75) is 19.1 Å². The van der Waals surface area contributed by atoms with Crippen molar-refractivity contribution >= 4 is 11.9 Å². The fraction of sp³-hybridized carbons (Fsp3) is 0.333. The minimum Gasteiger partial charge on any atom is -0.480 e. The van der Waals surface area contributed by atoms with Gasteiger partial charge in [-0.1, -0.05) is 30.3 Å². The number of likely N-dealkylation sites (N-methyl/N-ethyl adjacent to an activating group) is 1. The van der Waals surface area contributed by atoms with Crippen LogP contribution in [-0.4, -0.2) is 40.1 Å². The number of carboxylic acids is 1. The number of amides is 1. The molecule has 0 aliphatic rings. The second kappa shape index (κ2) is 5.45. The first-order chi connectivity index (χ1) is 7.95. The lowest BCUT2D eigenvalue weighted by Gasteiger charge is -2.24. The summed E-state index contributed by atoms with van der Waals surface area (Å²) >= 11 is 0. The molecular weight excluding hydrogens is 222 g/mol. The van der Waals surface area contributed by atoms with Gasteiger partial charge in [0.2, 0.25) is 0 Å². The average molecular weight is 237 g/mol. The van der Waals surface area contributed by atoms with E-state index in [1.165, 1.54) is 14.0 Å². The first kappa shape index (κ1) is 13.2. The third kappa shape index (κ3) is 3.04. The van der Waals surface area contributed by atoms with Crippen LogP contribution in [0.4, 0.5) is 0 Å². The molecule has 0 saturated carbocycles. The maximum absolute atomic E-state index is 11.8. The second-order valence-electron chi connectivity index (χ2n) is 3.78. The van der Waals surface area contributed by atoms with E-state index < -0.39 is 24.0 Å². The number of aliphatic hydroxyl groups is 1. The summed E-state index contributed by atoms with van der Waals surface area (Å²) < 4.78 is 0. The van der Waals surface area contributed by atoms with E-state index in [1.54, 1.807) is 30.3 Å². The molecule has 0 aliphatic heterocycles. The molecule has 0 bridgehead atoms. The Kier molecular flexibility index (Phi) is 4.23. The van der Waals surface area contributed by atoms with Gasteiger partial charge >= 0.3 is 5.97 Å². The predicted octanol–water partition coefficient (Wildman–Crippen LogP) is 0.651. The van der Waals surface area contributed by atoms with Gasteiger partial charge in [-0.3, -0.25) is 4.79 Å². The minimum absolute atomic E-state index is 0.446. The van der Waals surface area contributed by atoms with Gasteiger partial charge in [-0.2, -0.15) is 0 Å². The van der Waals surface area contributed by atoms with Crippen LogP contribution < -0.4 is 0 Å². The molecule has 1 amide bonds. The zero-order valence-corrected chi connectivity index (χ0v) is 9.70. The van der Waals surface area contributed by atoms with Gasteiger partial charge in [-0.15, -0.1) is 0 Å². The molecule has 17 heavy (non-hydrogen) atoms. The maximum atomic E-state index is 11.8. The molecule has 5 heteroatoms. The Hall–Kier alpha value is -1.88. The SMILES string of the molecule is CC(C(=O)O)N(C)C(=O)[C@@H](O)c1ccccc1. The maximum Gasteiger partial charge on any atom is 0.326 e. The first-order valence-electron chi connectivity index (χ1n) is 5.17. The van der Waals surface area contributed by atoms with Crippen molar-refractivity contribution in [1.29, 1.82) is 0 Å². The number of hydrogen-bond acceptors (Lipinski definition) is 3. The van der Waals surface area contributed by atoms with E-state index in [0.717, 1.165) is 4.90 Å². The van der Waals surface area contributed by atoms with Crippen molar-refractivity contribution in [1.82, 2.24) is 4.90 Å². The lowest BCUT2D eigenvalue weighted by molar-refractivity contribution is -0.152. The summed E-state index contributed by atoms with van der Waals surface area (Å²) in [6.45, 7) is 1.39. The first-order valence-corrected chi connectivity index (χ1v) is 5.17. The number of rotatable bonds is 4. The molecule has 92 valence electrons. The number of benzene rings is 1. The standard InChI is InChI=1S/C12H15NO4/c1-8(12(16)17)13(2)11(15)10(14)9-6-4-3-5-7-9/h3-8,10,14H,1-2H3,(H,16,17)/t8?,10-/m0/s1. The molecule has 0 saturated heterocycles. The van der Waals surface area contributed by atoms with Crippen LogP contribution in [0.15, 0.2) is 30.3 Å². The minimum atomic E-state index is -1.33. The third-order valence-electron chi connectivity index (χ3n) is 2.64. The van der Waals surface area contributed by atoms with E-state index in [1.807, 2.05) is 0 Å². The number of aliphatic hydroxyl groups excluding tert-OH is 1. The largest absolute Gasteiger partial charge is 0.480 e. The molecule has 0 heterocycles. The Labute approximate surface area is 99.3 Å². The van der Waals surface area contributed by atoms with Crippen molar-refractivity contribution in [2.24, 2.45) is 0 Å². The van der Waals surface area contributed by atoms with Gasteiger partial charge in [0.25, 0.3) is 5.91 Å². The molecule has 1 rings (SSSR count). The quantitative estimate of drug-likeness (QED) is 0.806. The molecule has 0 aromatic heterocycles. The normalized spacial score (nSPS) is 13.8. The number of aliphatic carboxylic acids is 1. The molecule has 0 aliphatic carbocycles. The van der Waals surface area contributed by atoms with Crippen molar-refractivity contribution in [3.63, 3.8) is 0 Å². The summed E-state index contributed by atoms with van der Waals surface area (Å²) in [5.41, 5.74) is 0.446. The highest BCUT2D eigenvalue weighted by atomic mass is 16.4. The van der Waals surface area contributed by atoms with E-state index >= 15 is 0 Å². The number of nitrogens with zero attached hydrogens (tertiary/aromatic N) is 1. The summed E-state index contributed by atoms with van der Waals surface area (Å²) in [5.74, 6) is -1.74. The van der Waals surface area contributed by atoms with Crippen molar-refractivity contribution in [2.75, 3.05) is 7.05 Å². The van der Waals surface area contributed by atoms with E-state index in [9.17, 15) is 14.7 Å². The van der Waals surface area contributed by atoms with E-state index in [2.05, 4.69) is 0 Å². The highest BCUT2D eigenvalue weighted by molar-refractivity contribution is 5.86. The van der Waals surface area contributed by atoms with Gasteiger partial charge in [0.15, 0.2) is 6.10 Å². The number of carbonyl (C=O) groups excluding carboxylic acids is 1. The van der Waals surface area contributed by atoms with Crippen LogP contribution in [0.2, 0.25) is 0 Å². The van der Waals surface area contributed by atoms with Gasteiger partial charge in [0.1, 0.15) is 6.04 Å². The number of carbonyl (C=O) groups is 2. The molecule has 1 aromatic carbocycles. The van der Waals surface area contributed by atoms with Gasteiger partial charge in [0.05, 0.1) is 0 Å². The van der Waals surface area contributed by atoms with Crippen molar-refractivity contribution < 1.29 is 19.8 Å². The van der Waals surface area contributed by atoms with Gasteiger partial charge in [-0.25, -0.2) is 4.79 Å². The molecule has 0 radical (unpaired) electrons. The molecule has 0 spiro atoms. The Bertz CT molecular complexity index is 404. The lowest BCUT2D eigenvalue weighted by atomic mass is 10.1. The third-order valence-corrected chi connectivity index (χ3v) is 2.64. The van der Waals surface area contributed by atoms with Gasteiger partial charge in [-0.05, 0) is 12.5 Å². The van der Waals surface area contributed by atoms with Gasteiger partial charge < -0.3 is 15.1 Å². The summed E-state index contributed by atoms with van der Waals surface area (Å²) in [6.07, 6.45) is -1.33. The molecule has 0 fully saturated rings. The Morgan fingerprint density at radius 3 is 2.24 bits per heavy atom. The highest BCUT2D eigenvalue weighted by Crippen LogP contribution is 2.15. The highest BCUT2D eigenvalue weighted by Gasteiger charge is 2.27. The summed E-state index contributed by atoms with van der Waals surface area (Å²) in [6, 6.07) is 7.42. The van der Waals surface area contributed by atoms with E-state index in [4.69, 9.17) is 5.11 Å². The summed E-state index contributed by atoms with van der Waals surface area (Å²) in [7, 11) is 1.35. The van der Waals surface area contributed by atoms with Crippen LogP contribution in [0, 0.1) is 0 Å². The summed E-state index contributed by atoms with van der Waals surface area (Å²) in [5, 5.41) is 18.6. The van der Waals surface area contributed by atoms with Gasteiger partial charge in [0, 0.05) is 7.05 Å². The molecule has 5 nitrogen and oxygen atoms in total. The summed E-state index contributed by atoms with van der Waals surface area (Å²) in [4.78, 5) is 23.5. The van der Waals surface area contributed by atoms with Crippen LogP contribution in [0.25, 0.3) is 0 Å². The number of hydrogen-bond donors (Lipinski definition) is 2. The van der Waals surface area contributed by atoms with Crippen molar-refractivity contribution in [3.05, 3.63) is 35.9 Å². The monoisotopic (exact) mass is 237 g/mol. The smallest absolute Gasteiger partial charge is 0.326 e. The molecule has 1 aromatic rings.